The van der Waals surface area contributed by atoms with Crippen molar-refractivity contribution < 1.29 is 24.2 Å². The Morgan fingerprint density at radius 3 is 2.68 bits per heavy atom. The number of ether oxygens (including phenoxy) is 1. The number of thiazole rings is 1. The highest BCUT2D eigenvalue weighted by Crippen LogP contribution is 2.26. The number of nitrogens with zero attached hydrogens (tertiary/aromatic N) is 1. The van der Waals surface area contributed by atoms with E-state index in [-0.39, 0.29) is 17.2 Å². The maximum absolute atomic E-state index is 11.4. The van der Waals surface area contributed by atoms with Crippen molar-refractivity contribution >= 4 is 41.1 Å². The molecule has 1 heterocycles. The highest BCUT2D eigenvalue weighted by molar-refractivity contribution is 8.01. The summed E-state index contributed by atoms with van der Waals surface area (Å²) in [6, 6.07) is 0. The Bertz CT molecular complexity index is 500. The molecule has 1 aromatic rings. The molecule has 0 bridgehead atoms. The summed E-state index contributed by atoms with van der Waals surface area (Å²) in [6.07, 6.45) is -0.797. The molecule has 0 radical (unpaired) electrons. The SMILES string of the molecule is CCOC(=O)NC(=O)CSc1nc(C)c(C(=O)O)s1. The van der Waals surface area contributed by atoms with Crippen molar-refractivity contribution in [2.45, 2.75) is 18.2 Å². The molecule has 0 unspecified atom stereocenters. The number of carbonyl (C=O) groups excluding carboxylic acids is 2. The number of hydrogen-bond donors (Lipinski definition) is 2. The number of aromatic carboxylic acids is 1. The summed E-state index contributed by atoms with van der Waals surface area (Å²) in [5.74, 6) is -1.60. The fourth-order valence-electron chi connectivity index (χ4n) is 1.08. The van der Waals surface area contributed by atoms with Crippen LogP contribution in [0.25, 0.3) is 0 Å². The minimum atomic E-state index is -1.04. The number of imide groups is 1. The lowest BCUT2D eigenvalue weighted by atomic mass is 10.4. The molecule has 0 atom stereocenters. The zero-order valence-corrected chi connectivity index (χ0v) is 11.9. The summed E-state index contributed by atoms with van der Waals surface area (Å²) in [5, 5.41) is 10.9. The van der Waals surface area contributed by atoms with Gasteiger partial charge in [0.25, 0.3) is 0 Å². The first-order chi connectivity index (χ1) is 8.93. The van der Waals surface area contributed by atoms with Gasteiger partial charge in [0.15, 0.2) is 4.34 Å². The number of amides is 2. The molecule has 0 aliphatic rings. The van der Waals surface area contributed by atoms with Crippen LogP contribution in [-0.2, 0) is 9.53 Å². The average molecular weight is 304 g/mol. The summed E-state index contributed by atoms with van der Waals surface area (Å²) < 4.78 is 5.01. The van der Waals surface area contributed by atoms with Gasteiger partial charge in [0.1, 0.15) is 4.88 Å². The van der Waals surface area contributed by atoms with Gasteiger partial charge >= 0.3 is 12.1 Å². The van der Waals surface area contributed by atoms with Gasteiger partial charge in [0, 0.05) is 0 Å². The van der Waals surface area contributed by atoms with E-state index in [0.717, 1.165) is 23.1 Å². The van der Waals surface area contributed by atoms with Crippen molar-refractivity contribution in [3.05, 3.63) is 10.6 Å². The number of aromatic nitrogens is 1. The molecule has 0 fully saturated rings. The van der Waals surface area contributed by atoms with Gasteiger partial charge in [0.2, 0.25) is 5.91 Å². The van der Waals surface area contributed by atoms with Gasteiger partial charge in [-0.1, -0.05) is 11.8 Å². The fraction of sp³-hybridized carbons (Fsp3) is 0.400. The van der Waals surface area contributed by atoms with E-state index < -0.39 is 18.0 Å². The van der Waals surface area contributed by atoms with Crippen LogP contribution in [-0.4, -0.2) is 40.4 Å². The van der Waals surface area contributed by atoms with E-state index >= 15 is 0 Å². The number of carboxylic acids is 1. The fourth-order valence-corrected chi connectivity index (χ4v) is 2.90. The van der Waals surface area contributed by atoms with E-state index in [4.69, 9.17) is 5.11 Å². The maximum atomic E-state index is 11.4. The van der Waals surface area contributed by atoms with Gasteiger partial charge < -0.3 is 9.84 Å². The lowest BCUT2D eigenvalue weighted by Gasteiger charge is -2.02. The summed E-state index contributed by atoms with van der Waals surface area (Å²) in [4.78, 5) is 37.3. The van der Waals surface area contributed by atoms with Gasteiger partial charge in [-0.05, 0) is 13.8 Å². The first-order valence-corrected chi connectivity index (χ1v) is 7.04. The average Bonchev–Trinajstić information content (AvgIpc) is 2.68. The Labute approximate surface area is 117 Å². The molecule has 1 rings (SSSR count). The number of rotatable bonds is 5. The number of aryl methyl sites for hydroxylation is 1. The van der Waals surface area contributed by atoms with Crippen LogP contribution in [0.15, 0.2) is 4.34 Å². The molecular formula is C10H12N2O5S2. The highest BCUT2D eigenvalue weighted by Gasteiger charge is 2.15. The molecule has 9 heteroatoms. The normalized spacial score (nSPS) is 10.0. The number of carboxylic acid groups (broad SMARTS) is 1. The topological polar surface area (TPSA) is 106 Å². The number of carbonyl (C=O) groups is 3. The Balaban J connectivity index is 2.48. The van der Waals surface area contributed by atoms with Crippen LogP contribution in [0.2, 0.25) is 0 Å². The lowest BCUT2D eigenvalue weighted by Crippen LogP contribution is -2.32. The molecule has 2 amide bonds. The molecule has 0 saturated heterocycles. The van der Waals surface area contributed by atoms with E-state index in [0.29, 0.717) is 10.0 Å². The molecule has 2 N–H and O–H groups in total. The van der Waals surface area contributed by atoms with Crippen LogP contribution in [0.3, 0.4) is 0 Å². The number of nitrogens with one attached hydrogen (secondary N) is 1. The van der Waals surface area contributed by atoms with Gasteiger partial charge in [-0.25, -0.2) is 14.6 Å². The number of hydrogen-bond acceptors (Lipinski definition) is 7. The van der Waals surface area contributed by atoms with Crippen molar-refractivity contribution in [1.29, 1.82) is 0 Å². The summed E-state index contributed by atoms with van der Waals surface area (Å²) in [5.41, 5.74) is 0.408. The molecule has 0 aliphatic carbocycles. The first kappa shape index (κ1) is 15.4. The van der Waals surface area contributed by atoms with Crippen molar-refractivity contribution in [2.24, 2.45) is 0 Å². The third-order valence-electron chi connectivity index (χ3n) is 1.81. The van der Waals surface area contributed by atoms with E-state index in [1.165, 1.54) is 0 Å². The number of alkyl carbamates (subject to hydrolysis) is 1. The van der Waals surface area contributed by atoms with Crippen molar-refractivity contribution in [1.82, 2.24) is 10.3 Å². The second-order valence-electron chi connectivity index (χ2n) is 3.26. The molecule has 0 spiro atoms. The molecule has 7 nitrogen and oxygen atoms in total. The highest BCUT2D eigenvalue weighted by atomic mass is 32.2. The predicted octanol–water partition coefficient (Wildman–Crippen LogP) is 1.51. The van der Waals surface area contributed by atoms with E-state index in [1.54, 1.807) is 13.8 Å². The van der Waals surface area contributed by atoms with E-state index in [9.17, 15) is 14.4 Å². The van der Waals surface area contributed by atoms with E-state index in [2.05, 4.69) is 9.72 Å². The van der Waals surface area contributed by atoms with Crippen LogP contribution in [0.5, 0.6) is 0 Å². The van der Waals surface area contributed by atoms with E-state index in [1.807, 2.05) is 5.32 Å². The third-order valence-corrected chi connectivity index (χ3v) is 4.10. The van der Waals surface area contributed by atoms with Crippen molar-refractivity contribution in [3.8, 4) is 0 Å². The standard InChI is InChI=1S/C10H12N2O5S2/c1-3-17-9(16)12-6(13)4-18-10-11-5(2)7(19-10)8(14)15/h3-4H2,1-2H3,(H,14,15)(H,12,13,16). The zero-order valence-electron chi connectivity index (χ0n) is 10.3. The summed E-state index contributed by atoms with van der Waals surface area (Å²) in [7, 11) is 0. The monoisotopic (exact) mass is 304 g/mol. The van der Waals surface area contributed by atoms with Crippen LogP contribution in [0, 0.1) is 6.92 Å². The Morgan fingerprint density at radius 1 is 1.47 bits per heavy atom. The predicted molar refractivity (Wildman–Crippen MR) is 69.7 cm³/mol. The Kier molecular flexibility index (Phi) is 5.77. The van der Waals surface area contributed by atoms with Crippen LogP contribution < -0.4 is 5.32 Å². The number of thioether (sulfide) groups is 1. The van der Waals surface area contributed by atoms with Gasteiger partial charge in [0.05, 0.1) is 18.1 Å². The second-order valence-corrected chi connectivity index (χ2v) is 5.48. The summed E-state index contributed by atoms with van der Waals surface area (Å²) in [6.45, 7) is 3.40. The van der Waals surface area contributed by atoms with Gasteiger partial charge in [-0.15, -0.1) is 11.3 Å². The molecule has 19 heavy (non-hydrogen) atoms. The van der Waals surface area contributed by atoms with Gasteiger partial charge in [-0.2, -0.15) is 0 Å². The van der Waals surface area contributed by atoms with Crippen LogP contribution in [0.1, 0.15) is 22.3 Å². The van der Waals surface area contributed by atoms with Gasteiger partial charge in [-0.3, -0.25) is 10.1 Å². The minimum absolute atomic E-state index is 0.0369. The largest absolute Gasteiger partial charge is 0.477 e. The Hall–Kier alpha value is -1.61. The molecule has 0 aromatic carbocycles. The minimum Gasteiger partial charge on any atom is -0.477 e. The van der Waals surface area contributed by atoms with Crippen molar-refractivity contribution in [3.63, 3.8) is 0 Å². The Morgan fingerprint density at radius 2 is 2.16 bits per heavy atom. The molecular weight excluding hydrogens is 292 g/mol. The lowest BCUT2D eigenvalue weighted by molar-refractivity contribution is -0.117. The van der Waals surface area contributed by atoms with Crippen LogP contribution in [0.4, 0.5) is 4.79 Å². The zero-order chi connectivity index (χ0) is 14.4. The molecule has 0 saturated carbocycles. The third kappa shape index (κ3) is 4.87. The van der Waals surface area contributed by atoms with Crippen molar-refractivity contribution in [2.75, 3.05) is 12.4 Å². The maximum Gasteiger partial charge on any atom is 0.413 e. The molecule has 0 aliphatic heterocycles. The second kappa shape index (κ2) is 7.10. The quantitative estimate of drug-likeness (QED) is 0.794. The molecule has 1 aromatic heterocycles. The first-order valence-electron chi connectivity index (χ1n) is 5.24. The molecule has 104 valence electrons. The van der Waals surface area contributed by atoms with Crippen LogP contribution >= 0.6 is 23.1 Å². The smallest absolute Gasteiger partial charge is 0.413 e. The summed E-state index contributed by atoms with van der Waals surface area (Å²) >= 11 is 2.06.